The average molecular weight is 404 g/mol. The first kappa shape index (κ1) is 19.6. The molecule has 1 saturated carbocycles. The van der Waals surface area contributed by atoms with Crippen LogP contribution in [-0.4, -0.2) is 51.9 Å². The number of nitrogens with one attached hydrogen (secondary N) is 1. The number of allylic oxidation sites excluding steroid dienone is 1. The van der Waals surface area contributed by atoms with Crippen molar-refractivity contribution in [3.63, 3.8) is 0 Å². The van der Waals surface area contributed by atoms with Gasteiger partial charge in [-0.25, -0.2) is 13.1 Å². The van der Waals surface area contributed by atoms with Gasteiger partial charge in [0.15, 0.2) is 0 Å². The highest BCUT2D eigenvalue weighted by Gasteiger charge is 2.34. The Morgan fingerprint density at radius 1 is 1.18 bits per heavy atom. The lowest BCUT2D eigenvalue weighted by molar-refractivity contribution is -0.112. The Balaban J connectivity index is 1.61. The lowest BCUT2D eigenvalue weighted by Gasteiger charge is -2.22. The first-order chi connectivity index (χ1) is 13.4. The van der Waals surface area contributed by atoms with E-state index in [1.807, 2.05) is 0 Å². The summed E-state index contributed by atoms with van der Waals surface area (Å²) < 4.78 is 28.7. The van der Waals surface area contributed by atoms with Crippen LogP contribution in [0.1, 0.15) is 51.0 Å². The molecule has 0 radical (unpaired) electrons. The van der Waals surface area contributed by atoms with Crippen molar-refractivity contribution in [2.75, 3.05) is 31.6 Å². The molecule has 1 aliphatic carbocycles. The Kier molecular flexibility index (Phi) is 5.33. The second-order valence-electron chi connectivity index (χ2n) is 8.01. The maximum atomic E-state index is 12.9. The molecule has 1 unspecified atom stereocenters. The Bertz CT molecular complexity index is 915. The van der Waals surface area contributed by atoms with E-state index < -0.39 is 10.0 Å². The number of likely N-dealkylation sites (tertiary alicyclic amines) is 1. The topological polar surface area (TPSA) is 69.7 Å². The van der Waals surface area contributed by atoms with Crippen LogP contribution in [0.2, 0.25) is 0 Å². The normalized spacial score (nSPS) is 23.1. The average Bonchev–Trinajstić information content (AvgIpc) is 3.41. The number of fused-ring (bicyclic) bond motifs is 1. The molecule has 1 atom stereocenters. The number of anilines is 1. The van der Waals surface area contributed by atoms with Gasteiger partial charge in [0, 0.05) is 30.8 Å². The van der Waals surface area contributed by atoms with E-state index in [2.05, 4.69) is 16.5 Å². The molecule has 1 aromatic carbocycles. The monoisotopic (exact) mass is 403 g/mol. The molecule has 152 valence electrons. The van der Waals surface area contributed by atoms with Gasteiger partial charge >= 0.3 is 0 Å². The van der Waals surface area contributed by atoms with Crippen LogP contribution in [0, 0.1) is 0 Å². The zero-order chi connectivity index (χ0) is 19.9. The third-order valence-electron chi connectivity index (χ3n) is 6.40. The molecule has 4 rings (SSSR count). The number of carbonyl (C=O) groups excluding carboxylic acids is 1. The van der Waals surface area contributed by atoms with Crippen LogP contribution in [0.3, 0.4) is 0 Å². The van der Waals surface area contributed by atoms with E-state index in [-0.39, 0.29) is 16.8 Å². The van der Waals surface area contributed by atoms with Crippen molar-refractivity contribution in [3.8, 4) is 0 Å². The first-order valence-corrected chi connectivity index (χ1v) is 11.8. The summed E-state index contributed by atoms with van der Waals surface area (Å²) in [4.78, 5) is 17.0. The summed E-state index contributed by atoms with van der Waals surface area (Å²) in [5.41, 5.74) is 3.46. The van der Waals surface area contributed by atoms with Gasteiger partial charge in [-0.2, -0.15) is 0 Å². The Morgan fingerprint density at radius 3 is 2.64 bits per heavy atom. The number of hydrogen-bond donors (Lipinski definition) is 1. The van der Waals surface area contributed by atoms with E-state index in [1.54, 1.807) is 30.1 Å². The predicted octanol–water partition coefficient (Wildman–Crippen LogP) is 2.75. The molecule has 0 spiro atoms. The molecule has 1 aromatic rings. The fourth-order valence-electron chi connectivity index (χ4n) is 4.79. The molecule has 28 heavy (non-hydrogen) atoms. The van der Waals surface area contributed by atoms with Crippen LogP contribution in [0.4, 0.5) is 5.69 Å². The van der Waals surface area contributed by atoms with Crippen molar-refractivity contribution in [2.45, 2.75) is 56.4 Å². The highest BCUT2D eigenvalue weighted by atomic mass is 32.2. The number of amides is 1. The minimum Gasteiger partial charge on any atom is -0.311 e. The highest BCUT2D eigenvalue weighted by Crippen LogP contribution is 2.42. The van der Waals surface area contributed by atoms with Gasteiger partial charge in [-0.15, -0.1) is 0 Å². The molecule has 0 bridgehead atoms. The van der Waals surface area contributed by atoms with Gasteiger partial charge < -0.3 is 4.90 Å². The number of sulfonamides is 1. The van der Waals surface area contributed by atoms with Crippen molar-refractivity contribution in [3.05, 3.63) is 29.3 Å². The fraction of sp³-hybridized carbons (Fsp3) is 0.571. The van der Waals surface area contributed by atoms with E-state index in [1.165, 1.54) is 5.57 Å². The smallest absolute Gasteiger partial charge is 0.258 e. The van der Waals surface area contributed by atoms with Gasteiger partial charge in [-0.3, -0.25) is 9.69 Å². The summed E-state index contributed by atoms with van der Waals surface area (Å²) in [7, 11) is -1.85. The van der Waals surface area contributed by atoms with Crippen LogP contribution in [0.15, 0.2) is 28.7 Å². The molecule has 0 aromatic heterocycles. The van der Waals surface area contributed by atoms with Gasteiger partial charge in [-0.1, -0.05) is 12.5 Å². The number of carbonyl (C=O) groups is 1. The molecule has 1 amide bonds. The summed E-state index contributed by atoms with van der Waals surface area (Å²) in [6.07, 6.45) is 6.19. The Hall–Kier alpha value is -1.70. The van der Waals surface area contributed by atoms with Crippen LogP contribution < -0.4 is 9.62 Å². The van der Waals surface area contributed by atoms with Crippen LogP contribution in [-0.2, 0) is 14.8 Å². The molecule has 6 nitrogen and oxygen atoms in total. The van der Waals surface area contributed by atoms with Gasteiger partial charge in [0.2, 0.25) is 10.0 Å². The lowest BCUT2D eigenvalue weighted by atomic mass is 10.00. The number of hydrogen-bond acceptors (Lipinski definition) is 4. The van der Waals surface area contributed by atoms with Crippen molar-refractivity contribution >= 4 is 27.2 Å². The van der Waals surface area contributed by atoms with Crippen molar-refractivity contribution in [1.29, 1.82) is 0 Å². The Labute approximate surface area is 167 Å². The van der Waals surface area contributed by atoms with Crippen LogP contribution >= 0.6 is 0 Å². The molecular weight excluding hydrogens is 374 g/mol. The maximum absolute atomic E-state index is 12.9. The van der Waals surface area contributed by atoms with Crippen LogP contribution in [0.5, 0.6) is 0 Å². The predicted molar refractivity (Wildman–Crippen MR) is 111 cm³/mol. The lowest BCUT2D eigenvalue weighted by Crippen LogP contribution is -2.40. The van der Waals surface area contributed by atoms with Crippen molar-refractivity contribution in [2.24, 2.45) is 0 Å². The van der Waals surface area contributed by atoms with Gasteiger partial charge in [-0.05, 0) is 69.8 Å². The molecule has 2 heterocycles. The second-order valence-corrected chi connectivity index (χ2v) is 9.77. The molecule has 2 aliphatic heterocycles. The number of rotatable bonds is 5. The standard InChI is InChI=1S/C21H29N3O3S/c1-3-24-12-6-9-16(24)14-22-28(26,27)17-10-11-19-18(13-17)20(21(25)23(19)2)15-7-4-5-8-15/h10-11,13,16,22H,3-9,12,14H2,1-2H3. The summed E-state index contributed by atoms with van der Waals surface area (Å²) in [5, 5.41) is 0. The van der Waals surface area contributed by atoms with E-state index in [4.69, 9.17) is 0 Å². The van der Waals surface area contributed by atoms with Gasteiger partial charge in [0.05, 0.1) is 10.6 Å². The highest BCUT2D eigenvalue weighted by molar-refractivity contribution is 7.89. The summed E-state index contributed by atoms with van der Waals surface area (Å²) in [5.74, 6) is -0.0149. The van der Waals surface area contributed by atoms with Crippen LogP contribution in [0.25, 0.3) is 5.57 Å². The summed E-state index contributed by atoms with van der Waals surface area (Å²) in [6.45, 7) is 4.52. The molecule has 3 aliphatic rings. The zero-order valence-corrected chi connectivity index (χ0v) is 17.5. The zero-order valence-electron chi connectivity index (χ0n) is 16.7. The molecule has 7 heteroatoms. The Morgan fingerprint density at radius 2 is 1.93 bits per heavy atom. The largest absolute Gasteiger partial charge is 0.311 e. The molecule has 2 fully saturated rings. The molecular formula is C21H29N3O3S. The SMILES string of the molecule is CCN1CCCC1CNS(=O)(=O)c1ccc2c(c1)C(=C1CCCC1)C(=O)N2C. The third-order valence-corrected chi connectivity index (χ3v) is 7.82. The second kappa shape index (κ2) is 7.61. The molecule has 1 N–H and O–H groups in total. The van der Waals surface area contributed by atoms with E-state index in [0.29, 0.717) is 6.54 Å². The number of likely N-dealkylation sites (N-methyl/N-ethyl adjacent to an activating group) is 2. The van der Waals surface area contributed by atoms with Crippen molar-refractivity contribution < 1.29 is 13.2 Å². The number of nitrogens with zero attached hydrogens (tertiary/aromatic N) is 2. The van der Waals surface area contributed by atoms with E-state index in [0.717, 1.165) is 68.4 Å². The fourth-order valence-corrected chi connectivity index (χ4v) is 5.89. The quantitative estimate of drug-likeness (QED) is 0.768. The maximum Gasteiger partial charge on any atom is 0.258 e. The van der Waals surface area contributed by atoms with E-state index in [9.17, 15) is 13.2 Å². The van der Waals surface area contributed by atoms with Crippen molar-refractivity contribution in [1.82, 2.24) is 9.62 Å². The minimum absolute atomic E-state index is 0.0149. The number of benzene rings is 1. The first-order valence-electron chi connectivity index (χ1n) is 10.3. The van der Waals surface area contributed by atoms with E-state index >= 15 is 0 Å². The summed E-state index contributed by atoms with van der Waals surface area (Å²) >= 11 is 0. The van der Waals surface area contributed by atoms with Gasteiger partial charge in [0.1, 0.15) is 0 Å². The minimum atomic E-state index is -3.61. The molecule has 1 saturated heterocycles. The van der Waals surface area contributed by atoms with Gasteiger partial charge in [0.25, 0.3) is 5.91 Å². The summed E-state index contributed by atoms with van der Waals surface area (Å²) in [6, 6.07) is 5.32. The third kappa shape index (κ3) is 3.40.